The third kappa shape index (κ3) is 4.06. The van der Waals surface area contributed by atoms with Crippen LogP contribution in [-0.4, -0.2) is 19.1 Å². The first-order chi connectivity index (χ1) is 9.66. The van der Waals surface area contributed by atoms with Crippen LogP contribution in [0.15, 0.2) is 53.0 Å². The molecule has 2 aromatic carbocycles. The largest absolute Gasteiger partial charge is 0.491 e. The van der Waals surface area contributed by atoms with Gasteiger partial charge in [-0.15, -0.1) is 0 Å². The van der Waals surface area contributed by atoms with Crippen LogP contribution in [0.5, 0.6) is 5.75 Å². The molecule has 20 heavy (non-hydrogen) atoms. The molecule has 0 fully saturated rings. The summed E-state index contributed by atoms with van der Waals surface area (Å²) in [5, 5.41) is 2.71. The molecule has 2 rings (SSSR count). The van der Waals surface area contributed by atoms with Crippen LogP contribution in [0, 0.1) is 5.82 Å². The van der Waals surface area contributed by atoms with Crippen LogP contribution >= 0.6 is 15.9 Å². The van der Waals surface area contributed by atoms with E-state index < -0.39 is 0 Å². The molecule has 0 unspecified atom stereocenters. The average Bonchev–Trinajstić information content (AvgIpc) is 2.46. The average molecular weight is 338 g/mol. The van der Waals surface area contributed by atoms with Gasteiger partial charge < -0.3 is 10.1 Å². The van der Waals surface area contributed by atoms with Crippen molar-refractivity contribution in [1.29, 1.82) is 0 Å². The summed E-state index contributed by atoms with van der Waals surface area (Å²) in [6.45, 7) is 0.729. The van der Waals surface area contributed by atoms with E-state index in [4.69, 9.17) is 4.74 Å². The number of para-hydroxylation sites is 1. The molecule has 0 radical (unpaired) electrons. The predicted molar refractivity (Wildman–Crippen MR) is 78.4 cm³/mol. The quantitative estimate of drug-likeness (QED) is 0.849. The van der Waals surface area contributed by atoms with E-state index >= 15 is 0 Å². The Kier molecular flexibility index (Phi) is 5.12. The maximum Gasteiger partial charge on any atom is 0.251 e. The van der Waals surface area contributed by atoms with Gasteiger partial charge in [0.1, 0.15) is 18.2 Å². The minimum Gasteiger partial charge on any atom is -0.491 e. The molecule has 0 atom stereocenters. The van der Waals surface area contributed by atoms with E-state index in [-0.39, 0.29) is 11.7 Å². The summed E-state index contributed by atoms with van der Waals surface area (Å²) >= 11 is 3.37. The summed E-state index contributed by atoms with van der Waals surface area (Å²) in [7, 11) is 0. The summed E-state index contributed by atoms with van der Waals surface area (Å²) in [6, 6.07) is 12.9. The van der Waals surface area contributed by atoms with Crippen molar-refractivity contribution < 1.29 is 13.9 Å². The number of carbonyl (C=O) groups excluding carboxylic acids is 1. The van der Waals surface area contributed by atoms with Gasteiger partial charge in [0.05, 0.1) is 11.0 Å². The van der Waals surface area contributed by atoms with Crippen LogP contribution in [-0.2, 0) is 0 Å². The molecule has 1 amide bonds. The second-order valence-corrected chi connectivity index (χ2v) is 4.90. The van der Waals surface area contributed by atoms with E-state index in [9.17, 15) is 9.18 Å². The van der Waals surface area contributed by atoms with Gasteiger partial charge in [-0.3, -0.25) is 4.79 Å². The maximum atomic E-state index is 12.7. The Morgan fingerprint density at radius 3 is 2.55 bits per heavy atom. The Hall–Kier alpha value is -1.88. The Bertz CT molecular complexity index is 587. The Balaban J connectivity index is 1.77. The number of hydrogen-bond donors (Lipinski definition) is 1. The standard InChI is InChI=1S/C15H13BrFNO2/c16-13-3-1-2-4-14(13)20-10-9-18-15(19)11-5-7-12(17)8-6-11/h1-8H,9-10H2,(H,18,19). The summed E-state index contributed by atoms with van der Waals surface area (Å²) in [4.78, 5) is 11.7. The summed E-state index contributed by atoms with van der Waals surface area (Å²) < 4.78 is 19.1. The molecule has 3 nitrogen and oxygen atoms in total. The molecule has 1 N–H and O–H groups in total. The molecule has 0 aromatic heterocycles. The molecule has 2 aromatic rings. The summed E-state index contributed by atoms with van der Waals surface area (Å²) in [5.41, 5.74) is 0.423. The number of halogens is 2. The van der Waals surface area contributed by atoms with Gasteiger partial charge in [-0.2, -0.15) is 0 Å². The molecular formula is C15H13BrFNO2. The Labute approximate surface area is 124 Å². The van der Waals surface area contributed by atoms with Crippen LogP contribution in [0.1, 0.15) is 10.4 Å². The van der Waals surface area contributed by atoms with Crippen LogP contribution < -0.4 is 10.1 Å². The molecule has 0 spiro atoms. The molecule has 0 saturated carbocycles. The zero-order valence-corrected chi connectivity index (χ0v) is 12.2. The topological polar surface area (TPSA) is 38.3 Å². The first kappa shape index (κ1) is 14.5. The SMILES string of the molecule is O=C(NCCOc1ccccc1Br)c1ccc(F)cc1. The highest BCUT2D eigenvalue weighted by Gasteiger charge is 2.05. The van der Waals surface area contributed by atoms with Gasteiger partial charge >= 0.3 is 0 Å². The number of rotatable bonds is 5. The number of hydrogen-bond acceptors (Lipinski definition) is 2. The normalized spacial score (nSPS) is 10.1. The third-order valence-corrected chi connectivity index (χ3v) is 3.24. The van der Waals surface area contributed by atoms with Crippen molar-refractivity contribution >= 4 is 21.8 Å². The van der Waals surface area contributed by atoms with Crippen molar-refractivity contribution in [1.82, 2.24) is 5.32 Å². The minimum absolute atomic E-state index is 0.249. The van der Waals surface area contributed by atoms with Crippen molar-refractivity contribution in [3.05, 3.63) is 64.4 Å². The van der Waals surface area contributed by atoms with Crippen LogP contribution in [0.2, 0.25) is 0 Å². The Morgan fingerprint density at radius 2 is 1.85 bits per heavy atom. The van der Waals surface area contributed by atoms with E-state index in [2.05, 4.69) is 21.2 Å². The van der Waals surface area contributed by atoms with Gasteiger partial charge in [-0.25, -0.2) is 4.39 Å². The molecule has 5 heteroatoms. The highest BCUT2D eigenvalue weighted by Crippen LogP contribution is 2.23. The fourth-order valence-corrected chi connectivity index (χ4v) is 1.99. The third-order valence-electron chi connectivity index (χ3n) is 2.59. The predicted octanol–water partition coefficient (Wildman–Crippen LogP) is 3.40. The van der Waals surface area contributed by atoms with Crippen molar-refractivity contribution in [2.24, 2.45) is 0 Å². The van der Waals surface area contributed by atoms with E-state index in [1.54, 1.807) is 0 Å². The van der Waals surface area contributed by atoms with Crippen molar-refractivity contribution in [3.8, 4) is 5.75 Å². The van der Waals surface area contributed by atoms with Crippen LogP contribution in [0.3, 0.4) is 0 Å². The lowest BCUT2D eigenvalue weighted by molar-refractivity contribution is 0.0947. The lowest BCUT2D eigenvalue weighted by atomic mass is 10.2. The first-order valence-electron chi connectivity index (χ1n) is 6.08. The number of benzene rings is 2. The van der Waals surface area contributed by atoms with Gasteiger partial charge in [0.25, 0.3) is 5.91 Å². The van der Waals surface area contributed by atoms with E-state index in [0.29, 0.717) is 18.7 Å². The molecule has 104 valence electrons. The molecule has 0 aliphatic heterocycles. The van der Waals surface area contributed by atoms with Crippen molar-refractivity contribution in [2.45, 2.75) is 0 Å². The van der Waals surface area contributed by atoms with Crippen LogP contribution in [0.4, 0.5) is 4.39 Å². The summed E-state index contributed by atoms with van der Waals surface area (Å²) in [6.07, 6.45) is 0. The summed E-state index contributed by atoms with van der Waals surface area (Å²) in [5.74, 6) is 0.114. The fraction of sp³-hybridized carbons (Fsp3) is 0.133. The lowest BCUT2D eigenvalue weighted by Crippen LogP contribution is -2.28. The van der Waals surface area contributed by atoms with E-state index in [1.807, 2.05) is 24.3 Å². The highest BCUT2D eigenvalue weighted by molar-refractivity contribution is 9.10. The first-order valence-corrected chi connectivity index (χ1v) is 6.87. The van der Waals surface area contributed by atoms with Crippen molar-refractivity contribution in [2.75, 3.05) is 13.2 Å². The second-order valence-electron chi connectivity index (χ2n) is 4.04. The minimum atomic E-state index is -0.362. The number of carbonyl (C=O) groups is 1. The van der Waals surface area contributed by atoms with Gasteiger partial charge in [-0.05, 0) is 52.3 Å². The van der Waals surface area contributed by atoms with Gasteiger partial charge in [0, 0.05) is 5.56 Å². The molecule has 0 bridgehead atoms. The smallest absolute Gasteiger partial charge is 0.251 e. The second kappa shape index (κ2) is 7.05. The maximum absolute atomic E-state index is 12.7. The fourth-order valence-electron chi connectivity index (χ4n) is 1.59. The molecule has 0 aliphatic carbocycles. The molecule has 0 heterocycles. The van der Waals surface area contributed by atoms with Gasteiger partial charge in [-0.1, -0.05) is 12.1 Å². The van der Waals surface area contributed by atoms with Gasteiger partial charge in [0.2, 0.25) is 0 Å². The zero-order chi connectivity index (χ0) is 14.4. The zero-order valence-electron chi connectivity index (χ0n) is 10.6. The monoisotopic (exact) mass is 337 g/mol. The Morgan fingerprint density at radius 1 is 1.15 bits per heavy atom. The number of amides is 1. The molecule has 0 aliphatic rings. The number of nitrogens with one attached hydrogen (secondary N) is 1. The molecular weight excluding hydrogens is 325 g/mol. The van der Waals surface area contributed by atoms with E-state index in [0.717, 1.165) is 10.2 Å². The number of ether oxygens (including phenoxy) is 1. The molecule has 0 saturated heterocycles. The van der Waals surface area contributed by atoms with Crippen molar-refractivity contribution in [3.63, 3.8) is 0 Å². The van der Waals surface area contributed by atoms with E-state index in [1.165, 1.54) is 24.3 Å². The van der Waals surface area contributed by atoms with Gasteiger partial charge in [0.15, 0.2) is 0 Å². The van der Waals surface area contributed by atoms with Crippen LogP contribution in [0.25, 0.3) is 0 Å². The highest BCUT2D eigenvalue weighted by atomic mass is 79.9. The lowest BCUT2D eigenvalue weighted by Gasteiger charge is -2.09.